The number of aliphatic hydroxyl groups is 1. The predicted octanol–water partition coefficient (Wildman–Crippen LogP) is 7.91. The van der Waals surface area contributed by atoms with Crippen LogP contribution in [0.2, 0.25) is 0 Å². The van der Waals surface area contributed by atoms with Crippen LogP contribution in [-0.4, -0.2) is 71.3 Å². The van der Waals surface area contributed by atoms with Crippen LogP contribution in [0, 0.1) is 5.92 Å². The van der Waals surface area contributed by atoms with Gasteiger partial charge in [0.05, 0.1) is 32.0 Å². The number of piperidine rings is 1. The number of rotatable bonds is 13. The number of hydrogen-bond donors (Lipinski definition) is 4. The van der Waals surface area contributed by atoms with Crippen LogP contribution in [0.1, 0.15) is 106 Å². The van der Waals surface area contributed by atoms with Crippen LogP contribution in [0.15, 0.2) is 103 Å². The second-order valence-electron chi connectivity index (χ2n) is 17.9. The van der Waals surface area contributed by atoms with Crippen LogP contribution in [0.4, 0.5) is 4.79 Å². The summed E-state index contributed by atoms with van der Waals surface area (Å²) in [6.07, 6.45) is 6.43. The molecule has 7 unspecified atom stereocenters. The first-order valence-electron chi connectivity index (χ1n) is 21.9. The summed E-state index contributed by atoms with van der Waals surface area (Å²) in [5.74, 6) is 0.162. The Morgan fingerprint density at radius 2 is 1.52 bits per heavy atom. The maximum absolute atomic E-state index is 13.9. The summed E-state index contributed by atoms with van der Waals surface area (Å²) in [6.45, 7) is 6.97. The van der Waals surface area contributed by atoms with Crippen molar-refractivity contribution in [2.24, 2.45) is 5.92 Å². The zero-order valence-corrected chi connectivity index (χ0v) is 36.0. The fourth-order valence-electron chi connectivity index (χ4n) is 9.30. The second-order valence-corrected chi connectivity index (χ2v) is 17.9. The highest BCUT2D eigenvalue weighted by Crippen LogP contribution is 2.42. The number of carbonyl (C=O) groups excluding carboxylic acids is 3. The molecule has 7 rings (SSSR count). The van der Waals surface area contributed by atoms with Gasteiger partial charge in [-0.2, -0.15) is 0 Å². The van der Waals surface area contributed by atoms with Gasteiger partial charge in [0.15, 0.2) is 6.29 Å². The lowest BCUT2D eigenvalue weighted by Crippen LogP contribution is -2.61. The summed E-state index contributed by atoms with van der Waals surface area (Å²) in [5, 5.41) is 18.7. The van der Waals surface area contributed by atoms with E-state index >= 15 is 0 Å². The third-order valence-corrected chi connectivity index (χ3v) is 12.3. The first-order valence-corrected chi connectivity index (χ1v) is 21.9. The van der Waals surface area contributed by atoms with Crippen molar-refractivity contribution in [2.75, 3.05) is 13.7 Å². The number of methoxy groups -OCH3 is 1. The van der Waals surface area contributed by atoms with Gasteiger partial charge in [-0.3, -0.25) is 9.69 Å². The van der Waals surface area contributed by atoms with E-state index in [9.17, 15) is 19.5 Å². The van der Waals surface area contributed by atoms with Gasteiger partial charge in [-0.05, 0) is 97.9 Å². The van der Waals surface area contributed by atoms with Crippen molar-refractivity contribution in [3.8, 4) is 11.1 Å². The molecule has 3 amide bonds. The van der Waals surface area contributed by atoms with E-state index in [0.29, 0.717) is 31.3 Å². The first kappa shape index (κ1) is 44.0. The van der Waals surface area contributed by atoms with E-state index in [1.807, 2.05) is 118 Å². The molecule has 61 heavy (non-hydrogen) atoms. The molecule has 3 fully saturated rings. The van der Waals surface area contributed by atoms with Gasteiger partial charge in [0.1, 0.15) is 6.04 Å². The number of benzene rings is 4. The van der Waals surface area contributed by atoms with Crippen LogP contribution in [0.5, 0.6) is 0 Å². The Bertz CT molecular complexity index is 2090. The highest BCUT2D eigenvalue weighted by Gasteiger charge is 2.44. The SMILES string of the molecule is COC(=O)C(Cc1ccccc1)NC(=O)NCc1cccc(-c2cccc(C3OC(CN4C(C(=O)NC(C)(C)C)CCC5CCCCC54)CC(c4ccc(CO)cc4)O3)c2)c1. The molecule has 1 saturated carbocycles. The molecule has 11 nitrogen and oxygen atoms in total. The lowest BCUT2D eigenvalue weighted by Gasteiger charge is -2.50. The Morgan fingerprint density at radius 1 is 0.803 bits per heavy atom. The lowest BCUT2D eigenvalue weighted by atomic mass is 9.75. The van der Waals surface area contributed by atoms with Crippen LogP contribution in [0.25, 0.3) is 11.1 Å². The summed E-state index contributed by atoms with van der Waals surface area (Å²) in [7, 11) is 1.31. The number of nitrogens with one attached hydrogen (secondary N) is 3. The van der Waals surface area contributed by atoms with Gasteiger partial charge in [0, 0.05) is 43.1 Å². The molecule has 1 aliphatic carbocycles. The number of likely N-dealkylation sites (tertiary alicyclic amines) is 1. The molecule has 2 saturated heterocycles. The number of esters is 1. The summed E-state index contributed by atoms with van der Waals surface area (Å²) < 4.78 is 18.7. The van der Waals surface area contributed by atoms with Crippen LogP contribution < -0.4 is 16.0 Å². The standard InChI is InChI=1S/C50H62N4O7/c1-50(2,3)53-46(56)44-25-24-36-15-8-9-19-43(36)54(44)31-41-29-45(37-22-20-34(32-55)21-23-37)61-48(60-41)40-18-11-17-39(28-40)38-16-10-14-35(26-38)30-51-49(58)52-42(47(57)59-4)27-33-12-6-5-7-13-33/h5-7,10-14,16-18,20-23,26,28,36,41-45,48,55H,8-9,15,19,24-25,27,29-32H2,1-4H3,(H,53,56)(H2,51,52,58). The third-order valence-electron chi connectivity index (χ3n) is 12.3. The van der Waals surface area contributed by atoms with Crippen molar-refractivity contribution < 1.29 is 33.7 Å². The molecule has 324 valence electrons. The zero-order chi connectivity index (χ0) is 42.9. The lowest BCUT2D eigenvalue weighted by molar-refractivity contribution is -0.255. The topological polar surface area (TPSA) is 138 Å². The van der Waals surface area contributed by atoms with Gasteiger partial charge < -0.3 is 35.3 Å². The molecule has 0 spiro atoms. The highest BCUT2D eigenvalue weighted by molar-refractivity contribution is 5.84. The number of carbonyl (C=O) groups is 3. The molecule has 7 atom stereocenters. The van der Waals surface area contributed by atoms with E-state index < -0.39 is 24.3 Å². The molecule has 4 N–H and O–H groups in total. The Balaban J connectivity index is 1.09. The van der Waals surface area contributed by atoms with Crippen molar-refractivity contribution >= 4 is 17.9 Å². The number of amides is 3. The summed E-state index contributed by atoms with van der Waals surface area (Å²) in [5.41, 5.74) is 6.14. The normalized spacial score (nSPS) is 23.6. The van der Waals surface area contributed by atoms with Crippen molar-refractivity contribution in [3.05, 3.63) is 131 Å². The summed E-state index contributed by atoms with van der Waals surface area (Å²) in [6, 6.07) is 32.4. The van der Waals surface area contributed by atoms with E-state index in [1.165, 1.54) is 26.4 Å². The molecule has 4 aromatic carbocycles. The third kappa shape index (κ3) is 11.7. The van der Waals surface area contributed by atoms with Gasteiger partial charge in [0.25, 0.3) is 0 Å². The number of hydrogen-bond acceptors (Lipinski definition) is 8. The fourth-order valence-corrected chi connectivity index (χ4v) is 9.30. The quantitative estimate of drug-likeness (QED) is 0.0999. The molecule has 2 aliphatic heterocycles. The number of nitrogens with zero attached hydrogens (tertiary/aromatic N) is 1. The molecule has 0 radical (unpaired) electrons. The Labute approximate surface area is 360 Å². The minimum Gasteiger partial charge on any atom is -0.467 e. The van der Waals surface area contributed by atoms with Gasteiger partial charge in [-0.15, -0.1) is 0 Å². The van der Waals surface area contributed by atoms with E-state index in [2.05, 4.69) is 26.9 Å². The molecular weight excluding hydrogens is 769 g/mol. The van der Waals surface area contributed by atoms with Gasteiger partial charge in [0.2, 0.25) is 5.91 Å². The number of urea groups is 1. The minimum absolute atomic E-state index is 0.0302. The molecular formula is C50H62N4O7. The second kappa shape index (κ2) is 20.2. The first-order chi connectivity index (χ1) is 29.5. The average molecular weight is 831 g/mol. The fraction of sp³-hybridized carbons (Fsp3) is 0.460. The van der Waals surface area contributed by atoms with Gasteiger partial charge >= 0.3 is 12.0 Å². The number of ether oxygens (including phenoxy) is 3. The number of fused-ring (bicyclic) bond motifs is 1. The average Bonchev–Trinajstić information content (AvgIpc) is 3.27. The molecule has 4 aromatic rings. The Morgan fingerprint density at radius 3 is 2.26 bits per heavy atom. The van der Waals surface area contributed by atoms with Crippen molar-refractivity contribution in [3.63, 3.8) is 0 Å². The van der Waals surface area contributed by atoms with Crippen LogP contribution >= 0.6 is 0 Å². The van der Waals surface area contributed by atoms with Crippen molar-refractivity contribution in [2.45, 2.75) is 127 Å². The Hall–Kier alpha value is -5.07. The molecule has 0 aromatic heterocycles. The van der Waals surface area contributed by atoms with Crippen LogP contribution in [0.3, 0.4) is 0 Å². The van der Waals surface area contributed by atoms with Crippen LogP contribution in [-0.2, 0) is 43.4 Å². The maximum atomic E-state index is 13.9. The zero-order valence-electron chi connectivity index (χ0n) is 36.0. The van der Waals surface area contributed by atoms with E-state index in [1.54, 1.807) is 0 Å². The predicted molar refractivity (Wildman–Crippen MR) is 235 cm³/mol. The molecule has 11 heteroatoms. The maximum Gasteiger partial charge on any atom is 0.328 e. The minimum atomic E-state index is -0.830. The smallest absolute Gasteiger partial charge is 0.328 e. The number of aliphatic hydroxyl groups excluding tert-OH is 1. The van der Waals surface area contributed by atoms with Crippen molar-refractivity contribution in [1.82, 2.24) is 20.9 Å². The summed E-state index contributed by atoms with van der Waals surface area (Å²) in [4.78, 5) is 41.9. The van der Waals surface area contributed by atoms with Crippen molar-refractivity contribution in [1.29, 1.82) is 0 Å². The molecule has 0 bridgehead atoms. The monoisotopic (exact) mass is 830 g/mol. The van der Waals surface area contributed by atoms with Gasteiger partial charge in [-0.1, -0.05) is 104 Å². The molecule has 2 heterocycles. The largest absolute Gasteiger partial charge is 0.467 e. The summed E-state index contributed by atoms with van der Waals surface area (Å²) >= 11 is 0. The van der Waals surface area contributed by atoms with E-state index in [-0.39, 0.29) is 42.8 Å². The van der Waals surface area contributed by atoms with E-state index in [0.717, 1.165) is 58.2 Å². The van der Waals surface area contributed by atoms with E-state index in [4.69, 9.17) is 14.2 Å². The Kier molecular flexibility index (Phi) is 14.6. The highest BCUT2D eigenvalue weighted by atomic mass is 16.7. The van der Waals surface area contributed by atoms with Gasteiger partial charge in [-0.25, -0.2) is 9.59 Å². The molecule has 3 aliphatic rings.